The Morgan fingerprint density at radius 3 is 2.28 bits per heavy atom. The molecule has 4 aliphatic heterocycles. The number of nitrogens with zero attached hydrogens (tertiary/aromatic N) is 6. The van der Waals surface area contributed by atoms with E-state index in [2.05, 4.69) is 40.6 Å². The molecule has 4 aromatic rings. The highest BCUT2D eigenvalue weighted by Crippen LogP contribution is 2.35. The topological polar surface area (TPSA) is 219 Å². The third kappa shape index (κ3) is 8.37. The van der Waals surface area contributed by atoms with E-state index in [0.717, 1.165) is 87.2 Å². The SMILES string of the molecule is COc1ccc(F)cc1C(=O)NCc1ccc(C(=N)c2c(N)ncnc2NC2CCN(C3CC(N4CCN(c5ccc6c(c5)C(=O)N(C5CCC(=O)NC5=O)C6=O)CC4)C3)CC2)cc1. The van der Waals surface area contributed by atoms with Crippen LogP contribution >= 0.6 is 0 Å². The number of aromatic nitrogens is 2. The quantitative estimate of drug-likeness (QED) is 0.102. The summed E-state index contributed by atoms with van der Waals surface area (Å²) in [5.41, 5.74) is 9.93. The average Bonchev–Trinajstić information content (AvgIpc) is 3.53. The van der Waals surface area contributed by atoms with Crippen molar-refractivity contribution in [2.45, 2.75) is 69.2 Å². The number of carbonyl (C=O) groups excluding carboxylic acids is 5. The van der Waals surface area contributed by atoms with Gasteiger partial charge in [-0.05, 0) is 74.1 Å². The molecule has 4 fully saturated rings. The molecule has 1 aromatic heterocycles. The lowest BCUT2D eigenvalue weighted by molar-refractivity contribution is -0.136. The van der Waals surface area contributed by atoms with Crippen molar-refractivity contribution >= 4 is 52.6 Å². The van der Waals surface area contributed by atoms with Crippen molar-refractivity contribution in [3.63, 3.8) is 0 Å². The fourth-order valence-corrected chi connectivity index (χ4v) is 9.58. The summed E-state index contributed by atoms with van der Waals surface area (Å²) in [5.74, 6) is -2.00. The number of halogens is 1. The fourth-order valence-electron chi connectivity index (χ4n) is 9.58. The number of piperazine rings is 1. The minimum absolute atomic E-state index is 0.0832. The molecule has 3 saturated heterocycles. The Kier molecular flexibility index (Phi) is 11.8. The van der Waals surface area contributed by atoms with E-state index >= 15 is 0 Å². The van der Waals surface area contributed by atoms with Gasteiger partial charge in [-0.3, -0.25) is 44.5 Å². The van der Waals surface area contributed by atoms with Gasteiger partial charge in [-0.25, -0.2) is 14.4 Å². The van der Waals surface area contributed by atoms with Crippen molar-refractivity contribution in [2.75, 3.05) is 62.3 Å². The minimum Gasteiger partial charge on any atom is -0.496 e. The molecule has 18 heteroatoms. The number of imide groups is 2. The van der Waals surface area contributed by atoms with Crippen LogP contribution in [-0.2, 0) is 16.1 Å². The fraction of sp³-hybridized carbons (Fsp3) is 0.391. The van der Waals surface area contributed by atoms with Crippen molar-refractivity contribution in [2.24, 2.45) is 0 Å². The van der Waals surface area contributed by atoms with E-state index in [9.17, 15) is 28.4 Å². The summed E-state index contributed by atoms with van der Waals surface area (Å²) in [6.45, 7) is 5.46. The normalized spacial score (nSPS) is 21.9. The molecule has 17 nitrogen and oxygen atoms in total. The van der Waals surface area contributed by atoms with Crippen LogP contribution in [0.3, 0.4) is 0 Å². The summed E-state index contributed by atoms with van der Waals surface area (Å²) in [4.78, 5) is 80.5. The van der Waals surface area contributed by atoms with Crippen molar-refractivity contribution in [1.82, 2.24) is 35.3 Å². The first-order valence-electron chi connectivity index (χ1n) is 21.7. The number of amides is 5. The van der Waals surface area contributed by atoms with Gasteiger partial charge in [0, 0.05) is 81.6 Å². The van der Waals surface area contributed by atoms with Gasteiger partial charge in [0.25, 0.3) is 17.7 Å². The molecule has 0 radical (unpaired) electrons. The number of anilines is 3. The lowest BCUT2D eigenvalue weighted by Crippen LogP contribution is -2.59. The van der Waals surface area contributed by atoms with Gasteiger partial charge in [-0.2, -0.15) is 0 Å². The monoisotopic (exact) mass is 871 g/mol. The van der Waals surface area contributed by atoms with Gasteiger partial charge in [0.05, 0.1) is 35.1 Å². The Hall–Kier alpha value is -6.79. The lowest BCUT2D eigenvalue weighted by Gasteiger charge is -2.51. The molecule has 9 rings (SSSR count). The van der Waals surface area contributed by atoms with E-state index in [1.807, 2.05) is 18.2 Å². The maximum absolute atomic E-state index is 13.8. The highest BCUT2D eigenvalue weighted by atomic mass is 19.1. The maximum Gasteiger partial charge on any atom is 0.262 e. The number of fused-ring (bicyclic) bond motifs is 1. The van der Waals surface area contributed by atoms with E-state index in [1.54, 1.807) is 24.3 Å². The van der Waals surface area contributed by atoms with E-state index in [1.165, 1.54) is 25.6 Å². The van der Waals surface area contributed by atoms with Gasteiger partial charge < -0.3 is 30.9 Å². The molecule has 5 aliphatic rings. The van der Waals surface area contributed by atoms with Gasteiger partial charge in [-0.1, -0.05) is 24.3 Å². The second-order valence-corrected chi connectivity index (χ2v) is 17.0. The van der Waals surface area contributed by atoms with Gasteiger partial charge in [0.1, 0.15) is 35.6 Å². The van der Waals surface area contributed by atoms with Gasteiger partial charge in [-0.15, -0.1) is 0 Å². The zero-order valence-corrected chi connectivity index (χ0v) is 35.4. The number of hydrogen-bond acceptors (Lipinski definition) is 14. The Bertz CT molecular complexity index is 2520. The minimum atomic E-state index is -0.984. The number of hydrogen-bond donors (Lipinski definition) is 5. The highest BCUT2D eigenvalue weighted by molar-refractivity contribution is 6.23. The van der Waals surface area contributed by atoms with Crippen LogP contribution in [0.15, 0.2) is 67.0 Å². The lowest BCUT2D eigenvalue weighted by atomic mass is 9.82. The molecule has 1 saturated carbocycles. The zero-order valence-electron chi connectivity index (χ0n) is 35.4. The van der Waals surface area contributed by atoms with E-state index in [4.69, 9.17) is 15.9 Å². The third-order valence-corrected chi connectivity index (χ3v) is 13.3. The van der Waals surface area contributed by atoms with Crippen molar-refractivity contribution in [3.8, 4) is 5.75 Å². The zero-order chi connectivity index (χ0) is 44.6. The van der Waals surface area contributed by atoms with E-state index in [-0.39, 0.29) is 53.8 Å². The predicted octanol–water partition coefficient (Wildman–Crippen LogP) is 3.18. The molecule has 5 amide bonds. The maximum atomic E-state index is 13.8. The summed E-state index contributed by atoms with van der Waals surface area (Å²) in [7, 11) is 1.42. The Morgan fingerprint density at radius 1 is 0.875 bits per heavy atom. The molecular formula is C46H50FN11O6. The number of likely N-dealkylation sites (tertiary alicyclic amines) is 1. The Labute approximate surface area is 369 Å². The molecule has 1 atom stereocenters. The molecule has 6 N–H and O–H groups in total. The standard InChI is InChI=1S/C46H50FN11O6/c1-64-37-10-6-28(47)20-35(37)43(60)50-24-26-2-4-27(5-3-26)40(48)39-41(49)51-25-52-42(39)53-29-12-14-55(15-13-29)31-21-32(22-31)57-18-16-56(17-19-57)30-7-8-33-34(23-30)46(63)58(45(33)62)36-9-11-38(59)54-44(36)61/h2-8,10,20,23,25,29,31-32,36,48H,9,11-19,21-22,24H2,1H3,(H,50,60)(H,54,59,61)(H3,49,51,52,53). The number of methoxy groups -OCH3 is 1. The smallest absolute Gasteiger partial charge is 0.262 e. The molecule has 64 heavy (non-hydrogen) atoms. The number of piperidine rings is 2. The first-order valence-corrected chi connectivity index (χ1v) is 21.7. The number of ether oxygens (including phenoxy) is 1. The Balaban J connectivity index is 0.729. The van der Waals surface area contributed by atoms with Crippen LogP contribution in [-0.4, -0.2) is 130 Å². The van der Waals surface area contributed by atoms with Crippen LogP contribution in [0.1, 0.15) is 86.3 Å². The summed E-state index contributed by atoms with van der Waals surface area (Å²) in [6.07, 6.45) is 5.67. The number of nitrogens with one attached hydrogen (secondary N) is 4. The largest absolute Gasteiger partial charge is 0.496 e. The van der Waals surface area contributed by atoms with Crippen LogP contribution in [0.25, 0.3) is 0 Å². The average molecular weight is 872 g/mol. The Morgan fingerprint density at radius 2 is 1.58 bits per heavy atom. The first-order chi connectivity index (χ1) is 30.9. The molecule has 3 aromatic carbocycles. The third-order valence-electron chi connectivity index (χ3n) is 13.3. The molecule has 5 heterocycles. The summed E-state index contributed by atoms with van der Waals surface area (Å²) in [5, 5.41) is 17.7. The van der Waals surface area contributed by atoms with Crippen molar-refractivity contribution < 1.29 is 33.1 Å². The molecule has 0 bridgehead atoms. The van der Waals surface area contributed by atoms with Gasteiger partial charge in [0.2, 0.25) is 11.8 Å². The second-order valence-electron chi connectivity index (χ2n) is 17.0. The molecule has 1 aliphatic carbocycles. The van der Waals surface area contributed by atoms with E-state index in [0.29, 0.717) is 34.6 Å². The second kappa shape index (κ2) is 17.8. The number of benzene rings is 3. The van der Waals surface area contributed by atoms with Crippen molar-refractivity contribution in [1.29, 1.82) is 5.41 Å². The number of nitrogen functional groups attached to an aromatic ring is 1. The van der Waals surface area contributed by atoms with Crippen LogP contribution in [0.4, 0.5) is 21.7 Å². The van der Waals surface area contributed by atoms with Gasteiger partial charge in [0.15, 0.2) is 0 Å². The van der Waals surface area contributed by atoms with Crippen LogP contribution in [0.5, 0.6) is 5.75 Å². The van der Waals surface area contributed by atoms with Crippen LogP contribution in [0, 0.1) is 11.2 Å². The van der Waals surface area contributed by atoms with Gasteiger partial charge >= 0.3 is 0 Å². The molecule has 0 spiro atoms. The first kappa shape index (κ1) is 42.5. The molecule has 1 unspecified atom stereocenters. The predicted molar refractivity (Wildman–Crippen MR) is 235 cm³/mol. The van der Waals surface area contributed by atoms with Crippen LogP contribution in [0.2, 0.25) is 0 Å². The summed E-state index contributed by atoms with van der Waals surface area (Å²) in [6, 6.07) is 16.5. The van der Waals surface area contributed by atoms with Crippen LogP contribution < -0.4 is 31.3 Å². The summed E-state index contributed by atoms with van der Waals surface area (Å²) < 4.78 is 19.0. The van der Waals surface area contributed by atoms with E-state index < -0.39 is 41.4 Å². The van der Waals surface area contributed by atoms with Crippen molar-refractivity contribution in [3.05, 3.63) is 106 Å². The number of nitrogens with two attached hydrogens (primary N) is 1. The number of carbonyl (C=O) groups is 5. The number of rotatable bonds is 12. The molecular weight excluding hydrogens is 822 g/mol. The molecule has 332 valence electrons. The summed E-state index contributed by atoms with van der Waals surface area (Å²) >= 11 is 0. The highest BCUT2D eigenvalue weighted by Gasteiger charge is 2.45.